The van der Waals surface area contributed by atoms with Gasteiger partial charge >= 0.3 is 0 Å². The number of nitrogens with one attached hydrogen (secondary N) is 2. The van der Waals surface area contributed by atoms with Crippen molar-refractivity contribution in [3.8, 4) is 0 Å². The lowest BCUT2D eigenvalue weighted by atomic mass is 10.4. The second-order valence-corrected chi connectivity index (χ2v) is 3.99. The Morgan fingerprint density at radius 2 is 2.22 bits per heavy atom. The molecule has 0 saturated heterocycles. The summed E-state index contributed by atoms with van der Waals surface area (Å²) in [5.74, 6) is 0.984. The zero-order valence-corrected chi connectivity index (χ0v) is 11.6. The van der Waals surface area contributed by atoms with Crippen LogP contribution in [-0.4, -0.2) is 42.6 Å². The fourth-order valence-corrected chi connectivity index (χ4v) is 1.62. The highest BCUT2D eigenvalue weighted by Gasteiger charge is 2.14. The Balaban J connectivity index is 2.96. The number of carbonyl (C=O) groups is 1. The van der Waals surface area contributed by atoms with Crippen molar-refractivity contribution in [1.82, 2.24) is 15.3 Å². The van der Waals surface area contributed by atoms with Gasteiger partial charge in [0.15, 0.2) is 5.82 Å². The third kappa shape index (κ3) is 3.73. The van der Waals surface area contributed by atoms with Gasteiger partial charge < -0.3 is 15.5 Å². The lowest BCUT2D eigenvalue weighted by Crippen LogP contribution is -2.36. The van der Waals surface area contributed by atoms with E-state index in [1.54, 1.807) is 11.9 Å². The predicted molar refractivity (Wildman–Crippen MR) is 73.2 cm³/mol. The Morgan fingerprint density at radius 3 is 2.78 bits per heavy atom. The number of amides is 1. The van der Waals surface area contributed by atoms with Crippen LogP contribution in [0.25, 0.3) is 0 Å². The molecule has 0 spiro atoms. The summed E-state index contributed by atoms with van der Waals surface area (Å²) in [7, 11) is 1.60. The van der Waals surface area contributed by atoms with Crippen LogP contribution in [0.4, 0.5) is 11.8 Å². The van der Waals surface area contributed by atoms with Crippen LogP contribution in [0.15, 0.2) is 6.20 Å². The van der Waals surface area contributed by atoms with E-state index in [0.29, 0.717) is 23.3 Å². The minimum absolute atomic E-state index is 0.0865. The number of halogens is 1. The molecule has 100 valence electrons. The zero-order valence-electron chi connectivity index (χ0n) is 10.8. The smallest absolute Gasteiger partial charge is 0.239 e. The van der Waals surface area contributed by atoms with Gasteiger partial charge in [-0.2, -0.15) is 4.98 Å². The highest BCUT2D eigenvalue weighted by molar-refractivity contribution is 6.32. The maximum atomic E-state index is 11.4. The molecule has 0 saturated carbocycles. The van der Waals surface area contributed by atoms with Crippen LogP contribution in [0.5, 0.6) is 0 Å². The van der Waals surface area contributed by atoms with Crippen LogP contribution in [0.2, 0.25) is 5.02 Å². The quantitative estimate of drug-likeness (QED) is 0.812. The molecule has 18 heavy (non-hydrogen) atoms. The Morgan fingerprint density at radius 1 is 1.50 bits per heavy atom. The minimum Gasteiger partial charge on any atom is -0.358 e. The van der Waals surface area contributed by atoms with E-state index in [9.17, 15) is 4.79 Å². The van der Waals surface area contributed by atoms with E-state index in [-0.39, 0.29) is 12.5 Å². The van der Waals surface area contributed by atoms with Gasteiger partial charge in [-0.05, 0) is 13.8 Å². The molecule has 2 N–H and O–H groups in total. The van der Waals surface area contributed by atoms with Gasteiger partial charge in [-0.25, -0.2) is 4.98 Å². The molecule has 7 heteroatoms. The summed E-state index contributed by atoms with van der Waals surface area (Å²) < 4.78 is 0. The number of hydrogen-bond donors (Lipinski definition) is 2. The molecule has 0 aliphatic rings. The molecule has 0 atom stereocenters. The van der Waals surface area contributed by atoms with Crippen LogP contribution in [0.3, 0.4) is 0 Å². The predicted octanol–water partition coefficient (Wildman–Crippen LogP) is 1.13. The normalized spacial score (nSPS) is 10.0. The minimum atomic E-state index is -0.0865. The van der Waals surface area contributed by atoms with Crippen molar-refractivity contribution < 1.29 is 4.79 Å². The second kappa shape index (κ2) is 7.00. The molecule has 0 radical (unpaired) electrons. The molecule has 0 aliphatic heterocycles. The average molecular weight is 272 g/mol. The number of hydrogen-bond acceptors (Lipinski definition) is 5. The van der Waals surface area contributed by atoms with E-state index in [1.807, 2.05) is 13.8 Å². The molecule has 0 bridgehead atoms. The fourth-order valence-electron chi connectivity index (χ4n) is 1.41. The van der Waals surface area contributed by atoms with Gasteiger partial charge in [0.25, 0.3) is 0 Å². The largest absolute Gasteiger partial charge is 0.358 e. The average Bonchev–Trinajstić information content (AvgIpc) is 2.38. The van der Waals surface area contributed by atoms with Crippen molar-refractivity contribution in [2.45, 2.75) is 13.8 Å². The molecule has 0 unspecified atom stereocenters. The Labute approximate surface area is 112 Å². The summed E-state index contributed by atoms with van der Waals surface area (Å²) >= 11 is 6.07. The fraction of sp³-hybridized carbons (Fsp3) is 0.545. The van der Waals surface area contributed by atoms with E-state index >= 15 is 0 Å². The number of likely N-dealkylation sites (N-methyl/N-ethyl adjacent to an activating group) is 2. The monoisotopic (exact) mass is 271 g/mol. The summed E-state index contributed by atoms with van der Waals surface area (Å²) in [6.45, 7) is 5.47. The standard InChI is InChI=1S/C11H18ClN5O/c1-4-14-11-15-6-8(12)10(16-11)17(5-2)7-9(18)13-3/h6H,4-5,7H2,1-3H3,(H,13,18)(H,14,15,16). The molecule has 1 aromatic rings. The second-order valence-electron chi connectivity index (χ2n) is 3.58. The number of anilines is 2. The summed E-state index contributed by atoms with van der Waals surface area (Å²) in [4.78, 5) is 21.6. The number of aromatic nitrogens is 2. The SMILES string of the molecule is CCNc1ncc(Cl)c(N(CC)CC(=O)NC)n1. The Bertz CT molecular complexity index is 412. The first-order chi connectivity index (χ1) is 8.62. The molecule has 1 rings (SSSR count). The van der Waals surface area contributed by atoms with Gasteiger partial charge in [-0.1, -0.05) is 11.6 Å². The van der Waals surface area contributed by atoms with Crippen LogP contribution < -0.4 is 15.5 Å². The van der Waals surface area contributed by atoms with Gasteiger partial charge in [0.1, 0.15) is 5.02 Å². The van der Waals surface area contributed by atoms with Crippen molar-refractivity contribution in [2.75, 3.05) is 36.9 Å². The molecule has 1 heterocycles. The Hall–Kier alpha value is -1.56. The first-order valence-electron chi connectivity index (χ1n) is 5.84. The van der Waals surface area contributed by atoms with E-state index in [0.717, 1.165) is 6.54 Å². The molecule has 0 fully saturated rings. The number of rotatable bonds is 6. The number of nitrogens with zero attached hydrogens (tertiary/aromatic N) is 3. The topological polar surface area (TPSA) is 70.2 Å². The maximum absolute atomic E-state index is 11.4. The lowest BCUT2D eigenvalue weighted by molar-refractivity contribution is -0.119. The summed E-state index contributed by atoms with van der Waals surface area (Å²) in [6, 6.07) is 0. The highest BCUT2D eigenvalue weighted by Crippen LogP contribution is 2.23. The first kappa shape index (κ1) is 14.5. The molecule has 0 aliphatic carbocycles. The van der Waals surface area contributed by atoms with Crippen LogP contribution >= 0.6 is 11.6 Å². The van der Waals surface area contributed by atoms with Crippen LogP contribution in [0, 0.1) is 0 Å². The van der Waals surface area contributed by atoms with E-state index in [4.69, 9.17) is 11.6 Å². The van der Waals surface area contributed by atoms with Crippen molar-refractivity contribution in [3.05, 3.63) is 11.2 Å². The lowest BCUT2D eigenvalue weighted by Gasteiger charge is -2.22. The van der Waals surface area contributed by atoms with Crippen molar-refractivity contribution in [2.24, 2.45) is 0 Å². The number of carbonyl (C=O) groups excluding carboxylic acids is 1. The van der Waals surface area contributed by atoms with Crippen molar-refractivity contribution in [3.63, 3.8) is 0 Å². The van der Waals surface area contributed by atoms with Gasteiger partial charge in [0.2, 0.25) is 11.9 Å². The third-order valence-electron chi connectivity index (χ3n) is 2.36. The summed E-state index contributed by atoms with van der Waals surface area (Å²) in [5.41, 5.74) is 0. The molecular formula is C11H18ClN5O. The highest BCUT2D eigenvalue weighted by atomic mass is 35.5. The summed E-state index contributed by atoms with van der Waals surface area (Å²) in [5, 5.41) is 6.02. The van der Waals surface area contributed by atoms with Crippen molar-refractivity contribution >= 4 is 29.3 Å². The molecule has 6 nitrogen and oxygen atoms in total. The maximum Gasteiger partial charge on any atom is 0.239 e. The van der Waals surface area contributed by atoms with E-state index < -0.39 is 0 Å². The molecule has 1 aromatic heterocycles. The molecule has 0 aromatic carbocycles. The Kier molecular flexibility index (Phi) is 5.64. The van der Waals surface area contributed by atoms with E-state index in [1.165, 1.54) is 6.20 Å². The summed E-state index contributed by atoms with van der Waals surface area (Å²) in [6.07, 6.45) is 1.54. The molecule has 1 amide bonds. The van der Waals surface area contributed by atoms with Gasteiger partial charge in [-0.3, -0.25) is 4.79 Å². The van der Waals surface area contributed by atoms with Crippen LogP contribution in [-0.2, 0) is 4.79 Å². The van der Waals surface area contributed by atoms with Gasteiger partial charge in [0.05, 0.1) is 12.7 Å². The van der Waals surface area contributed by atoms with Crippen LogP contribution in [0.1, 0.15) is 13.8 Å². The van der Waals surface area contributed by atoms with E-state index in [2.05, 4.69) is 20.6 Å². The third-order valence-corrected chi connectivity index (χ3v) is 2.62. The zero-order chi connectivity index (χ0) is 13.5. The van der Waals surface area contributed by atoms with Gasteiger partial charge in [0, 0.05) is 20.1 Å². The first-order valence-corrected chi connectivity index (χ1v) is 6.22. The van der Waals surface area contributed by atoms with Gasteiger partial charge in [-0.15, -0.1) is 0 Å². The van der Waals surface area contributed by atoms with Crippen molar-refractivity contribution in [1.29, 1.82) is 0 Å². The molecular weight excluding hydrogens is 254 g/mol.